The highest BCUT2D eigenvalue weighted by molar-refractivity contribution is 9.10. The molecular formula is C10H16BrN3. The van der Waals surface area contributed by atoms with Gasteiger partial charge in [-0.15, -0.1) is 0 Å². The van der Waals surface area contributed by atoms with Gasteiger partial charge in [0, 0.05) is 18.3 Å². The van der Waals surface area contributed by atoms with Gasteiger partial charge in [-0.2, -0.15) is 0 Å². The molecule has 4 heteroatoms. The average Bonchev–Trinajstić information content (AvgIpc) is 2.44. The van der Waals surface area contributed by atoms with Crippen molar-refractivity contribution in [2.24, 2.45) is 5.73 Å². The van der Waals surface area contributed by atoms with Crippen LogP contribution in [-0.4, -0.2) is 15.6 Å². The van der Waals surface area contributed by atoms with Gasteiger partial charge in [-0.25, -0.2) is 4.98 Å². The van der Waals surface area contributed by atoms with Gasteiger partial charge in [0.05, 0.1) is 5.69 Å². The van der Waals surface area contributed by atoms with Crippen molar-refractivity contribution >= 4 is 15.9 Å². The minimum absolute atomic E-state index is 0.285. The summed E-state index contributed by atoms with van der Waals surface area (Å²) >= 11 is 3.49. The number of hydrogen-bond acceptors (Lipinski definition) is 2. The largest absolute Gasteiger partial charge is 0.326 e. The van der Waals surface area contributed by atoms with Crippen molar-refractivity contribution in [3.8, 4) is 0 Å². The summed E-state index contributed by atoms with van der Waals surface area (Å²) in [6.07, 6.45) is 2.14. The van der Waals surface area contributed by atoms with Crippen molar-refractivity contribution in [3.05, 3.63) is 16.1 Å². The van der Waals surface area contributed by atoms with Crippen LogP contribution in [0, 0.1) is 0 Å². The lowest BCUT2D eigenvalue weighted by Crippen LogP contribution is -2.32. The van der Waals surface area contributed by atoms with E-state index in [1.165, 1.54) is 11.4 Å². The number of halogens is 1. The predicted octanol–water partition coefficient (Wildman–Crippen LogP) is 2.04. The Morgan fingerprint density at radius 2 is 2.29 bits per heavy atom. The second kappa shape index (κ2) is 3.66. The molecular weight excluding hydrogens is 242 g/mol. The van der Waals surface area contributed by atoms with Crippen LogP contribution in [0.5, 0.6) is 0 Å². The van der Waals surface area contributed by atoms with Gasteiger partial charge in [-0.3, -0.25) is 0 Å². The summed E-state index contributed by atoms with van der Waals surface area (Å²) in [5.41, 5.74) is 8.53. The van der Waals surface area contributed by atoms with E-state index < -0.39 is 0 Å². The molecule has 0 saturated carbocycles. The first-order valence-electron chi connectivity index (χ1n) is 5.10. The maximum Gasteiger partial charge on any atom is 0.177 e. The minimum atomic E-state index is 0.285. The van der Waals surface area contributed by atoms with E-state index >= 15 is 0 Å². The summed E-state index contributed by atoms with van der Waals surface area (Å²) in [4.78, 5) is 4.55. The summed E-state index contributed by atoms with van der Waals surface area (Å²) in [6.45, 7) is 5.27. The molecule has 0 radical (unpaired) electrons. The summed E-state index contributed by atoms with van der Waals surface area (Å²) in [6, 6.07) is 0.285. The highest BCUT2D eigenvalue weighted by atomic mass is 79.9. The molecule has 0 amide bonds. The second-order valence-corrected chi connectivity index (χ2v) is 4.99. The van der Waals surface area contributed by atoms with Gasteiger partial charge < -0.3 is 10.3 Å². The maximum absolute atomic E-state index is 5.93. The Balaban J connectivity index is 2.44. The average molecular weight is 258 g/mol. The van der Waals surface area contributed by atoms with Crippen LogP contribution in [0.25, 0.3) is 0 Å². The molecule has 78 valence electrons. The molecule has 1 aromatic heterocycles. The molecule has 2 N–H and O–H groups in total. The van der Waals surface area contributed by atoms with Crippen molar-refractivity contribution in [1.29, 1.82) is 0 Å². The number of nitrogens with zero attached hydrogens (tertiary/aromatic N) is 2. The standard InChI is InChI=1S/C10H16BrN3/c1-6(2)9-8-4-3-7(12)5-14(8)10(11)13-9/h6-7H,3-5,12H2,1-2H3. The summed E-state index contributed by atoms with van der Waals surface area (Å²) < 4.78 is 3.15. The lowest BCUT2D eigenvalue weighted by molar-refractivity contribution is 0.452. The Morgan fingerprint density at radius 1 is 1.57 bits per heavy atom. The highest BCUT2D eigenvalue weighted by Gasteiger charge is 2.23. The lowest BCUT2D eigenvalue weighted by atomic mass is 10.0. The summed E-state index contributed by atoms with van der Waals surface area (Å²) in [5.74, 6) is 0.497. The van der Waals surface area contributed by atoms with E-state index in [4.69, 9.17) is 5.73 Å². The van der Waals surface area contributed by atoms with Crippen molar-refractivity contribution in [2.75, 3.05) is 0 Å². The zero-order valence-electron chi connectivity index (χ0n) is 8.63. The quantitative estimate of drug-likeness (QED) is 0.837. The Morgan fingerprint density at radius 3 is 2.93 bits per heavy atom. The first-order chi connectivity index (χ1) is 6.59. The van der Waals surface area contributed by atoms with Gasteiger partial charge in [0.1, 0.15) is 0 Å². The third-order valence-corrected chi connectivity index (χ3v) is 3.38. The molecule has 1 atom stereocenters. The summed E-state index contributed by atoms with van der Waals surface area (Å²) in [7, 11) is 0. The van der Waals surface area contributed by atoms with Crippen LogP contribution in [0.3, 0.4) is 0 Å². The molecule has 1 aliphatic heterocycles. The fraction of sp³-hybridized carbons (Fsp3) is 0.700. The molecule has 1 unspecified atom stereocenters. The molecule has 14 heavy (non-hydrogen) atoms. The molecule has 0 bridgehead atoms. The number of aromatic nitrogens is 2. The minimum Gasteiger partial charge on any atom is -0.326 e. The van der Waals surface area contributed by atoms with E-state index in [1.807, 2.05) is 0 Å². The van der Waals surface area contributed by atoms with Gasteiger partial charge >= 0.3 is 0 Å². The molecule has 3 nitrogen and oxygen atoms in total. The van der Waals surface area contributed by atoms with Crippen LogP contribution in [0.4, 0.5) is 0 Å². The number of imidazole rings is 1. The van der Waals surface area contributed by atoms with E-state index in [9.17, 15) is 0 Å². The molecule has 0 saturated heterocycles. The van der Waals surface area contributed by atoms with E-state index in [1.54, 1.807) is 0 Å². The van der Waals surface area contributed by atoms with Crippen LogP contribution in [0.2, 0.25) is 0 Å². The predicted molar refractivity (Wildman–Crippen MR) is 60.3 cm³/mol. The van der Waals surface area contributed by atoms with Gasteiger partial charge in [-0.05, 0) is 34.7 Å². The third-order valence-electron chi connectivity index (χ3n) is 2.77. The SMILES string of the molecule is CC(C)c1nc(Br)n2c1CCC(N)C2. The van der Waals surface area contributed by atoms with Crippen molar-refractivity contribution in [2.45, 2.75) is 45.2 Å². The lowest BCUT2D eigenvalue weighted by Gasteiger charge is -2.22. The Bertz CT molecular complexity index is 343. The molecule has 2 heterocycles. The van der Waals surface area contributed by atoms with Crippen molar-refractivity contribution < 1.29 is 0 Å². The van der Waals surface area contributed by atoms with Crippen LogP contribution in [0.15, 0.2) is 4.73 Å². The third kappa shape index (κ3) is 1.61. The first kappa shape index (κ1) is 10.2. The number of rotatable bonds is 1. The van der Waals surface area contributed by atoms with Crippen LogP contribution in [0.1, 0.15) is 37.6 Å². The van der Waals surface area contributed by atoms with Gasteiger partial charge in [-0.1, -0.05) is 13.8 Å². The van der Waals surface area contributed by atoms with E-state index in [2.05, 4.69) is 39.3 Å². The molecule has 1 aliphatic rings. The topological polar surface area (TPSA) is 43.8 Å². The Hall–Kier alpha value is -0.350. The number of hydrogen-bond donors (Lipinski definition) is 1. The molecule has 1 aromatic rings. The molecule has 0 fully saturated rings. The molecule has 0 aromatic carbocycles. The van der Waals surface area contributed by atoms with Gasteiger partial charge in [0.15, 0.2) is 4.73 Å². The number of nitrogens with two attached hydrogens (primary N) is 1. The van der Waals surface area contributed by atoms with Crippen molar-refractivity contribution in [3.63, 3.8) is 0 Å². The molecule has 2 rings (SSSR count). The van der Waals surface area contributed by atoms with E-state index in [-0.39, 0.29) is 6.04 Å². The Kier molecular flexibility index (Phi) is 2.66. The van der Waals surface area contributed by atoms with Crippen LogP contribution < -0.4 is 5.73 Å². The number of fused-ring (bicyclic) bond motifs is 1. The molecule has 0 aliphatic carbocycles. The second-order valence-electron chi connectivity index (χ2n) is 4.28. The fourth-order valence-corrected chi connectivity index (χ4v) is 2.58. The normalized spacial score (nSPS) is 21.4. The van der Waals surface area contributed by atoms with Gasteiger partial charge in [0.2, 0.25) is 0 Å². The first-order valence-corrected chi connectivity index (χ1v) is 5.89. The monoisotopic (exact) mass is 257 g/mol. The fourth-order valence-electron chi connectivity index (χ4n) is 2.03. The zero-order valence-corrected chi connectivity index (χ0v) is 10.2. The molecule has 0 spiro atoms. The van der Waals surface area contributed by atoms with E-state index in [0.29, 0.717) is 5.92 Å². The van der Waals surface area contributed by atoms with Gasteiger partial charge in [0.25, 0.3) is 0 Å². The van der Waals surface area contributed by atoms with E-state index in [0.717, 1.165) is 24.1 Å². The van der Waals surface area contributed by atoms with Crippen LogP contribution in [-0.2, 0) is 13.0 Å². The maximum atomic E-state index is 5.93. The van der Waals surface area contributed by atoms with Crippen LogP contribution >= 0.6 is 15.9 Å². The summed E-state index contributed by atoms with van der Waals surface area (Å²) in [5, 5.41) is 0. The highest BCUT2D eigenvalue weighted by Crippen LogP contribution is 2.27. The van der Waals surface area contributed by atoms with Crippen molar-refractivity contribution in [1.82, 2.24) is 9.55 Å². The smallest absolute Gasteiger partial charge is 0.177 e. The Labute approximate surface area is 92.8 Å². The zero-order chi connectivity index (χ0) is 10.3.